The predicted octanol–water partition coefficient (Wildman–Crippen LogP) is 0.728. The van der Waals surface area contributed by atoms with Gasteiger partial charge in [-0.3, -0.25) is 9.59 Å². The second-order valence-electron chi connectivity index (χ2n) is 3.80. The van der Waals surface area contributed by atoms with Crippen molar-refractivity contribution in [1.82, 2.24) is 14.5 Å². The van der Waals surface area contributed by atoms with Crippen LogP contribution in [0.2, 0.25) is 0 Å². The molecule has 0 spiro atoms. The highest BCUT2D eigenvalue weighted by molar-refractivity contribution is 7.07. The molecule has 0 radical (unpaired) electrons. The van der Waals surface area contributed by atoms with Crippen LogP contribution in [-0.4, -0.2) is 47.1 Å². The quantitative estimate of drug-likeness (QED) is 0.743. The Morgan fingerprint density at radius 1 is 1.53 bits per heavy atom. The molecule has 0 aromatic carbocycles. The number of methoxy groups -OCH3 is 1. The largest absolute Gasteiger partial charge is 0.469 e. The lowest BCUT2D eigenvalue weighted by Gasteiger charge is -2.19. The van der Waals surface area contributed by atoms with Gasteiger partial charge in [0, 0.05) is 13.6 Å². The zero-order valence-corrected chi connectivity index (χ0v) is 11.1. The summed E-state index contributed by atoms with van der Waals surface area (Å²) in [6.07, 6.45) is 0. The minimum Gasteiger partial charge on any atom is -0.469 e. The van der Waals surface area contributed by atoms with Crippen molar-refractivity contribution in [3.05, 3.63) is 10.6 Å². The smallest absolute Gasteiger partial charge is 0.310 e. The molecule has 17 heavy (non-hydrogen) atoms. The van der Waals surface area contributed by atoms with Gasteiger partial charge in [-0.15, -0.1) is 5.10 Å². The number of carbonyl (C=O) groups excluding carboxylic acids is 2. The molecule has 7 heteroatoms. The molecule has 94 valence electrons. The van der Waals surface area contributed by atoms with E-state index < -0.39 is 0 Å². The SMILES string of the molecule is COC(=O)C(C)CN(C)C(=O)c1snnc1C. The molecule has 1 amide bonds. The van der Waals surface area contributed by atoms with Gasteiger partial charge in [-0.2, -0.15) is 0 Å². The zero-order valence-electron chi connectivity index (χ0n) is 10.3. The van der Waals surface area contributed by atoms with Crippen LogP contribution in [0, 0.1) is 12.8 Å². The minimum atomic E-state index is -0.352. The van der Waals surface area contributed by atoms with E-state index in [4.69, 9.17) is 0 Å². The number of nitrogens with zero attached hydrogens (tertiary/aromatic N) is 3. The fourth-order valence-electron chi connectivity index (χ4n) is 1.37. The van der Waals surface area contributed by atoms with Crippen molar-refractivity contribution in [2.75, 3.05) is 20.7 Å². The van der Waals surface area contributed by atoms with Gasteiger partial charge in [-0.1, -0.05) is 11.4 Å². The molecule has 1 aromatic heterocycles. The van der Waals surface area contributed by atoms with Crippen LogP contribution in [0.3, 0.4) is 0 Å². The summed E-state index contributed by atoms with van der Waals surface area (Å²) >= 11 is 1.06. The number of esters is 1. The highest BCUT2D eigenvalue weighted by atomic mass is 32.1. The summed E-state index contributed by atoms with van der Waals surface area (Å²) in [5.74, 6) is -0.854. The van der Waals surface area contributed by atoms with E-state index in [1.807, 2.05) is 0 Å². The summed E-state index contributed by atoms with van der Waals surface area (Å²) in [7, 11) is 2.97. The number of aromatic nitrogens is 2. The molecule has 0 fully saturated rings. The van der Waals surface area contributed by atoms with Crippen LogP contribution in [-0.2, 0) is 9.53 Å². The van der Waals surface area contributed by atoms with Crippen molar-refractivity contribution in [3.63, 3.8) is 0 Å². The molecule has 1 aromatic rings. The average Bonchev–Trinajstić information content (AvgIpc) is 2.73. The van der Waals surface area contributed by atoms with Gasteiger partial charge in [-0.25, -0.2) is 0 Å². The van der Waals surface area contributed by atoms with Gasteiger partial charge in [0.15, 0.2) is 0 Å². The number of hydrogen-bond donors (Lipinski definition) is 0. The van der Waals surface area contributed by atoms with E-state index in [2.05, 4.69) is 14.3 Å². The van der Waals surface area contributed by atoms with Crippen molar-refractivity contribution in [2.45, 2.75) is 13.8 Å². The highest BCUT2D eigenvalue weighted by Gasteiger charge is 2.22. The van der Waals surface area contributed by atoms with Gasteiger partial charge in [0.05, 0.1) is 18.7 Å². The lowest BCUT2D eigenvalue weighted by atomic mass is 10.1. The molecule has 1 rings (SSSR count). The molecule has 1 unspecified atom stereocenters. The molecule has 0 saturated carbocycles. The second-order valence-corrected chi connectivity index (χ2v) is 4.55. The van der Waals surface area contributed by atoms with Crippen LogP contribution in [0.1, 0.15) is 22.3 Å². The van der Waals surface area contributed by atoms with Crippen molar-refractivity contribution in [1.29, 1.82) is 0 Å². The first-order valence-electron chi connectivity index (χ1n) is 5.09. The Morgan fingerprint density at radius 3 is 2.65 bits per heavy atom. The average molecular weight is 257 g/mol. The summed E-state index contributed by atoms with van der Waals surface area (Å²) in [4.78, 5) is 25.2. The van der Waals surface area contributed by atoms with Gasteiger partial charge < -0.3 is 9.64 Å². The number of carbonyl (C=O) groups is 2. The van der Waals surface area contributed by atoms with Crippen LogP contribution >= 0.6 is 11.5 Å². The van der Waals surface area contributed by atoms with E-state index >= 15 is 0 Å². The van der Waals surface area contributed by atoms with E-state index in [1.54, 1.807) is 20.9 Å². The maximum absolute atomic E-state index is 12.0. The van der Waals surface area contributed by atoms with E-state index in [-0.39, 0.29) is 17.8 Å². The van der Waals surface area contributed by atoms with Crippen LogP contribution < -0.4 is 0 Å². The van der Waals surface area contributed by atoms with Crippen LogP contribution in [0.25, 0.3) is 0 Å². The first-order valence-corrected chi connectivity index (χ1v) is 5.87. The lowest BCUT2D eigenvalue weighted by molar-refractivity contribution is -0.145. The fourth-order valence-corrected chi connectivity index (χ4v) is 2.02. The second kappa shape index (κ2) is 5.72. The molecular formula is C10H15N3O3S. The lowest BCUT2D eigenvalue weighted by Crippen LogP contribution is -2.34. The summed E-state index contributed by atoms with van der Waals surface area (Å²) in [5, 5.41) is 3.78. The molecule has 0 bridgehead atoms. The molecule has 0 aliphatic carbocycles. The number of hydrogen-bond acceptors (Lipinski definition) is 6. The van der Waals surface area contributed by atoms with Crippen LogP contribution in [0.5, 0.6) is 0 Å². The third-order valence-corrected chi connectivity index (χ3v) is 3.16. The standard InChI is InChI=1S/C10H15N3O3S/c1-6(10(15)16-4)5-13(3)9(14)8-7(2)11-12-17-8/h6H,5H2,1-4H3. The molecule has 1 heterocycles. The number of rotatable bonds is 4. The van der Waals surface area contributed by atoms with E-state index in [0.29, 0.717) is 17.1 Å². The van der Waals surface area contributed by atoms with E-state index in [1.165, 1.54) is 12.0 Å². The summed E-state index contributed by atoms with van der Waals surface area (Å²) in [6, 6.07) is 0. The van der Waals surface area contributed by atoms with Gasteiger partial charge in [-0.05, 0) is 18.5 Å². The highest BCUT2D eigenvalue weighted by Crippen LogP contribution is 2.13. The third-order valence-electron chi connectivity index (χ3n) is 2.34. The Morgan fingerprint density at radius 2 is 2.18 bits per heavy atom. The topological polar surface area (TPSA) is 72.4 Å². The van der Waals surface area contributed by atoms with E-state index in [0.717, 1.165) is 11.5 Å². The molecule has 0 aliphatic rings. The third kappa shape index (κ3) is 3.23. The van der Waals surface area contributed by atoms with Crippen molar-refractivity contribution in [2.24, 2.45) is 5.92 Å². The Balaban J connectivity index is 2.65. The predicted molar refractivity (Wildman–Crippen MR) is 62.8 cm³/mol. The minimum absolute atomic E-state index is 0.173. The van der Waals surface area contributed by atoms with Crippen molar-refractivity contribution < 1.29 is 14.3 Å². The Bertz CT molecular complexity index is 419. The summed E-state index contributed by atoms with van der Waals surface area (Å²) < 4.78 is 8.32. The first kappa shape index (κ1) is 13.6. The summed E-state index contributed by atoms with van der Waals surface area (Å²) in [6.45, 7) is 3.75. The Labute approximate surface area is 104 Å². The molecular weight excluding hydrogens is 242 g/mol. The zero-order chi connectivity index (χ0) is 13.0. The first-order chi connectivity index (χ1) is 7.97. The molecule has 0 saturated heterocycles. The molecule has 0 N–H and O–H groups in total. The molecule has 1 atom stereocenters. The molecule has 6 nitrogen and oxygen atoms in total. The van der Waals surface area contributed by atoms with Crippen LogP contribution in [0.4, 0.5) is 0 Å². The Kier molecular flexibility index (Phi) is 4.56. The Hall–Kier alpha value is -1.50. The number of aryl methyl sites for hydroxylation is 1. The van der Waals surface area contributed by atoms with Gasteiger partial charge >= 0.3 is 5.97 Å². The molecule has 0 aliphatic heterocycles. The maximum Gasteiger partial charge on any atom is 0.310 e. The monoisotopic (exact) mass is 257 g/mol. The van der Waals surface area contributed by atoms with Crippen LogP contribution in [0.15, 0.2) is 0 Å². The maximum atomic E-state index is 12.0. The number of ether oxygens (including phenoxy) is 1. The van der Waals surface area contributed by atoms with Crippen molar-refractivity contribution in [3.8, 4) is 0 Å². The summed E-state index contributed by atoms with van der Waals surface area (Å²) in [5.41, 5.74) is 0.609. The fraction of sp³-hybridized carbons (Fsp3) is 0.600. The number of amides is 1. The van der Waals surface area contributed by atoms with Gasteiger partial charge in [0.25, 0.3) is 5.91 Å². The van der Waals surface area contributed by atoms with Gasteiger partial charge in [0.2, 0.25) is 0 Å². The van der Waals surface area contributed by atoms with Gasteiger partial charge in [0.1, 0.15) is 4.88 Å². The van der Waals surface area contributed by atoms with E-state index in [9.17, 15) is 9.59 Å². The van der Waals surface area contributed by atoms with Crippen molar-refractivity contribution >= 4 is 23.4 Å². The normalized spacial score (nSPS) is 12.0.